The van der Waals surface area contributed by atoms with Crippen LogP contribution in [0.5, 0.6) is 0 Å². The smallest absolute Gasteiger partial charge is 0.311 e. The van der Waals surface area contributed by atoms with Crippen LogP contribution in [0.2, 0.25) is 39.3 Å². The van der Waals surface area contributed by atoms with E-state index in [2.05, 4.69) is 56.9 Å². The minimum absolute atomic E-state index is 1.53. The topological polar surface area (TPSA) is 18.5 Å². The standard InChI is InChI=1S/C6H22O2P2Si3/c1-11(2,7-12(3,4)9)8-13(5,6)10/h9-10H2,1-6H3. The Hall–Kier alpha value is 1.43. The Morgan fingerprint density at radius 1 is 0.692 bits per heavy atom. The largest absolute Gasteiger partial charge is 0.433 e. The summed E-state index contributed by atoms with van der Waals surface area (Å²) >= 11 is 0. The summed E-state index contributed by atoms with van der Waals surface area (Å²) in [5.41, 5.74) is 0. The summed E-state index contributed by atoms with van der Waals surface area (Å²) in [5.74, 6) is 0. The van der Waals surface area contributed by atoms with Gasteiger partial charge in [-0.2, -0.15) is 0 Å². The first-order chi connectivity index (χ1) is 5.41. The van der Waals surface area contributed by atoms with Crippen LogP contribution >= 0.6 is 17.6 Å². The third kappa shape index (κ3) is 9.73. The highest BCUT2D eigenvalue weighted by Crippen LogP contribution is 2.25. The Morgan fingerprint density at radius 2 is 0.923 bits per heavy atom. The molecule has 7 heteroatoms. The molecule has 2 atom stereocenters. The van der Waals surface area contributed by atoms with E-state index in [1.165, 1.54) is 0 Å². The lowest BCUT2D eigenvalue weighted by Gasteiger charge is -2.35. The quantitative estimate of drug-likeness (QED) is 0.579. The van der Waals surface area contributed by atoms with Crippen LogP contribution in [0.3, 0.4) is 0 Å². The summed E-state index contributed by atoms with van der Waals surface area (Å²) in [6.45, 7) is 13.0. The molecule has 0 aliphatic carbocycles. The molecule has 0 aromatic rings. The van der Waals surface area contributed by atoms with Crippen molar-refractivity contribution in [1.29, 1.82) is 0 Å². The van der Waals surface area contributed by atoms with E-state index in [0.717, 1.165) is 0 Å². The molecule has 2 unspecified atom stereocenters. The van der Waals surface area contributed by atoms with E-state index < -0.39 is 24.5 Å². The van der Waals surface area contributed by atoms with Gasteiger partial charge in [0.05, 0.1) is 0 Å². The maximum atomic E-state index is 6.04. The first-order valence-electron chi connectivity index (χ1n) is 4.39. The summed E-state index contributed by atoms with van der Waals surface area (Å²) in [7, 11) is 0.714. The molecule has 0 N–H and O–H groups in total. The lowest BCUT2D eigenvalue weighted by Crippen LogP contribution is -2.48. The molecular formula is C6H22O2P2Si3. The zero-order valence-corrected chi connectivity index (χ0v) is 14.8. The van der Waals surface area contributed by atoms with E-state index in [4.69, 9.17) is 8.23 Å². The van der Waals surface area contributed by atoms with Gasteiger partial charge >= 0.3 is 8.56 Å². The summed E-state index contributed by atoms with van der Waals surface area (Å²) in [6, 6.07) is 0. The minimum atomic E-state index is -1.89. The Labute approximate surface area is 89.8 Å². The Balaban J connectivity index is 4.25. The van der Waals surface area contributed by atoms with Gasteiger partial charge in [0.15, 0.2) is 16.0 Å². The van der Waals surface area contributed by atoms with E-state index in [1.807, 2.05) is 0 Å². The normalized spacial score (nSPS) is 14.8. The molecule has 0 fully saturated rings. The van der Waals surface area contributed by atoms with Crippen LogP contribution in [0.15, 0.2) is 0 Å². The van der Waals surface area contributed by atoms with Gasteiger partial charge in [0, 0.05) is 0 Å². The molecule has 0 saturated heterocycles. The molecule has 0 heterocycles. The van der Waals surface area contributed by atoms with Gasteiger partial charge < -0.3 is 8.23 Å². The SMILES string of the molecule is C[Si](C)(P)O[Si](C)(C)O[Si](C)(C)P. The Bertz CT molecular complexity index is 156. The summed E-state index contributed by atoms with van der Waals surface area (Å²) in [5, 5.41) is 0. The van der Waals surface area contributed by atoms with Gasteiger partial charge in [-0.25, -0.2) is 0 Å². The average Bonchev–Trinajstić information content (AvgIpc) is 1.43. The molecule has 80 valence electrons. The monoisotopic (exact) mass is 272 g/mol. The van der Waals surface area contributed by atoms with Crippen molar-refractivity contribution in [3.05, 3.63) is 0 Å². The van der Waals surface area contributed by atoms with Crippen molar-refractivity contribution in [1.82, 2.24) is 0 Å². The molecule has 0 aromatic heterocycles. The van der Waals surface area contributed by atoms with E-state index in [1.54, 1.807) is 0 Å². The third-order valence-corrected chi connectivity index (χ3v) is 11.3. The van der Waals surface area contributed by atoms with Crippen LogP contribution < -0.4 is 0 Å². The maximum Gasteiger partial charge on any atom is 0.311 e. The second kappa shape index (κ2) is 4.52. The van der Waals surface area contributed by atoms with Gasteiger partial charge in [-0.3, -0.25) is 0 Å². The zero-order valence-electron chi connectivity index (χ0n) is 9.47. The fourth-order valence-electron chi connectivity index (χ4n) is 1.29. The van der Waals surface area contributed by atoms with Gasteiger partial charge in [-0.15, -0.1) is 17.6 Å². The van der Waals surface area contributed by atoms with E-state index in [9.17, 15) is 0 Å². The highest BCUT2D eigenvalue weighted by Gasteiger charge is 2.35. The lowest BCUT2D eigenvalue weighted by atomic mass is 11.9. The van der Waals surface area contributed by atoms with Gasteiger partial charge in [-0.1, -0.05) is 0 Å². The summed E-state index contributed by atoms with van der Waals surface area (Å²) in [6.07, 6.45) is 0. The van der Waals surface area contributed by atoms with Gasteiger partial charge in [0.1, 0.15) is 0 Å². The predicted octanol–water partition coefficient (Wildman–Crippen LogP) is 2.88. The first-order valence-corrected chi connectivity index (χ1v) is 16.6. The zero-order chi connectivity index (χ0) is 10.9. The van der Waals surface area contributed by atoms with Crippen molar-refractivity contribution in [2.75, 3.05) is 0 Å². The third-order valence-electron chi connectivity index (χ3n) is 1.02. The van der Waals surface area contributed by atoms with E-state index in [-0.39, 0.29) is 0 Å². The molecule has 0 aliphatic heterocycles. The predicted molar refractivity (Wildman–Crippen MR) is 74.0 cm³/mol. The Morgan fingerprint density at radius 3 is 1.08 bits per heavy atom. The van der Waals surface area contributed by atoms with Crippen LogP contribution in [0.4, 0.5) is 0 Å². The minimum Gasteiger partial charge on any atom is -0.433 e. The van der Waals surface area contributed by atoms with Gasteiger partial charge in [0.25, 0.3) is 0 Å². The molecule has 2 nitrogen and oxygen atoms in total. The van der Waals surface area contributed by atoms with Crippen molar-refractivity contribution in [2.24, 2.45) is 0 Å². The van der Waals surface area contributed by atoms with E-state index in [0.29, 0.717) is 0 Å². The van der Waals surface area contributed by atoms with Crippen molar-refractivity contribution in [3.63, 3.8) is 0 Å². The van der Waals surface area contributed by atoms with Crippen LogP contribution in [0, 0.1) is 0 Å². The van der Waals surface area contributed by atoms with Crippen LogP contribution in [0.1, 0.15) is 0 Å². The number of hydrogen-bond acceptors (Lipinski definition) is 2. The van der Waals surface area contributed by atoms with Gasteiger partial charge in [0.2, 0.25) is 0 Å². The molecule has 0 radical (unpaired) electrons. The first kappa shape index (κ1) is 14.4. The number of hydrogen-bond donors (Lipinski definition) is 0. The molecular weight excluding hydrogens is 250 g/mol. The molecule has 0 bridgehead atoms. The maximum absolute atomic E-state index is 6.04. The second-order valence-electron chi connectivity index (χ2n) is 4.81. The fourth-order valence-corrected chi connectivity index (χ4v) is 17.1. The lowest BCUT2D eigenvalue weighted by molar-refractivity contribution is 0.408. The molecule has 0 aromatic carbocycles. The second-order valence-corrected chi connectivity index (χ2v) is 24.0. The van der Waals surface area contributed by atoms with Crippen molar-refractivity contribution in [3.8, 4) is 0 Å². The number of rotatable bonds is 4. The van der Waals surface area contributed by atoms with Crippen LogP contribution in [-0.4, -0.2) is 24.5 Å². The van der Waals surface area contributed by atoms with Crippen LogP contribution in [-0.2, 0) is 8.23 Å². The molecule has 13 heavy (non-hydrogen) atoms. The highest BCUT2D eigenvalue weighted by atomic mass is 31.3. The average molecular weight is 272 g/mol. The summed E-state index contributed by atoms with van der Waals surface area (Å²) < 4.78 is 12.1. The van der Waals surface area contributed by atoms with Crippen molar-refractivity contribution in [2.45, 2.75) is 39.3 Å². The van der Waals surface area contributed by atoms with E-state index >= 15 is 0 Å². The van der Waals surface area contributed by atoms with Gasteiger partial charge in [-0.05, 0) is 39.3 Å². The molecule has 0 amide bonds. The summed E-state index contributed by atoms with van der Waals surface area (Å²) in [4.78, 5) is 0. The molecule has 0 saturated carbocycles. The van der Waals surface area contributed by atoms with Crippen molar-refractivity contribution >= 4 is 42.1 Å². The van der Waals surface area contributed by atoms with Crippen molar-refractivity contribution < 1.29 is 8.23 Å². The molecule has 0 aliphatic rings. The van der Waals surface area contributed by atoms with Crippen LogP contribution in [0.25, 0.3) is 0 Å². The fraction of sp³-hybridized carbons (Fsp3) is 1.00. The highest BCUT2D eigenvalue weighted by molar-refractivity contribution is 7.68. The molecule has 0 rings (SSSR count). The Kier molecular flexibility index (Phi) is 5.02. The molecule has 0 spiro atoms.